The van der Waals surface area contributed by atoms with Crippen LogP contribution in [0.2, 0.25) is 0 Å². The first-order chi connectivity index (χ1) is 9.20. The van der Waals surface area contributed by atoms with Crippen molar-refractivity contribution in [3.8, 4) is 5.75 Å². The van der Waals surface area contributed by atoms with Gasteiger partial charge in [-0.3, -0.25) is 4.79 Å². The molecule has 4 heteroatoms. The number of nitrogens with one attached hydrogen (secondary N) is 1. The molecular formula is C15H14BrNO2. The van der Waals surface area contributed by atoms with Gasteiger partial charge in [-0.25, -0.2) is 0 Å². The Morgan fingerprint density at radius 2 is 1.84 bits per heavy atom. The van der Waals surface area contributed by atoms with Crippen molar-refractivity contribution >= 4 is 27.5 Å². The summed E-state index contributed by atoms with van der Waals surface area (Å²) >= 11 is 3.34. The van der Waals surface area contributed by atoms with E-state index in [1.807, 2.05) is 43.3 Å². The van der Waals surface area contributed by atoms with E-state index in [1.54, 1.807) is 12.1 Å². The molecule has 0 saturated heterocycles. The highest BCUT2D eigenvalue weighted by Crippen LogP contribution is 2.24. The molecule has 2 aromatic rings. The summed E-state index contributed by atoms with van der Waals surface area (Å²) in [6.45, 7) is 2.47. The van der Waals surface area contributed by atoms with Crippen LogP contribution in [0.1, 0.15) is 17.3 Å². The number of halogens is 1. The third kappa shape index (κ3) is 3.58. The van der Waals surface area contributed by atoms with Gasteiger partial charge in [0, 0.05) is 10.0 Å². The van der Waals surface area contributed by atoms with Gasteiger partial charge in [-0.2, -0.15) is 0 Å². The van der Waals surface area contributed by atoms with Crippen LogP contribution in [0.5, 0.6) is 5.75 Å². The molecule has 2 rings (SSSR count). The Balaban J connectivity index is 2.16. The minimum absolute atomic E-state index is 0.153. The molecule has 0 aromatic heterocycles. The molecule has 0 bridgehead atoms. The maximum absolute atomic E-state index is 12.1. The fourth-order valence-corrected chi connectivity index (χ4v) is 1.91. The second-order valence-electron chi connectivity index (χ2n) is 3.89. The second kappa shape index (κ2) is 6.38. The van der Waals surface area contributed by atoms with Crippen molar-refractivity contribution in [3.63, 3.8) is 0 Å². The SMILES string of the molecule is CCOc1ccccc1NC(=O)c1ccc(Br)cc1. The van der Waals surface area contributed by atoms with Crippen LogP contribution >= 0.6 is 15.9 Å². The minimum Gasteiger partial charge on any atom is -0.492 e. The molecule has 0 aliphatic carbocycles. The summed E-state index contributed by atoms with van der Waals surface area (Å²) in [6.07, 6.45) is 0. The third-order valence-corrected chi connectivity index (χ3v) is 3.07. The largest absolute Gasteiger partial charge is 0.492 e. The zero-order chi connectivity index (χ0) is 13.7. The van der Waals surface area contributed by atoms with Crippen LogP contribution in [0.15, 0.2) is 53.0 Å². The van der Waals surface area contributed by atoms with Crippen LogP contribution in [0.4, 0.5) is 5.69 Å². The summed E-state index contributed by atoms with van der Waals surface area (Å²) < 4.78 is 6.41. The lowest BCUT2D eigenvalue weighted by Crippen LogP contribution is -2.12. The minimum atomic E-state index is -0.153. The fourth-order valence-electron chi connectivity index (χ4n) is 1.65. The Morgan fingerprint density at radius 3 is 2.53 bits per heavy atom. The molecule has 1 amide bonds. The number of para-hydroxylation sites is 2. The average Bonchev–Trinajstić information content (AvgIpc) is 2.42. The molecule has 1 N–H and O–H groups in total. The van der Waals surface area contributed by atoms with E-state index in [-0.39, 0.29) is 5.91 Å². The summed E-state index contributed by atoms with van der Waals surface area (Å²) in [4.78, 5) is 12.1. The number of carbonyl (C=O) groups excluding carboxylic acids is 1. The lowest BCUT2D eigenvalue weighted by molar-refractivity contribution is 0.102. The molecule has 19 heavy (non-hydrogen) atoms. The molecule has 3 nitrogen and oxygen atoms in total. The maximum atomic E-state index is 12.1. The number of benzene rings is 2. The molecular weight excluding hydrogens is 306 g/mol. The monoisotopic (exact) mass is 319 g/mol. The number of ether oxygens (including phenoxy) is 1. The van der Waals surface area contributed by atoms with Crippen LogP contribution < -0.4 is 10.1 Å². The van der Waals surface area contributed by atoms with Crippen LogP contribution in [0.25, 0.3) is 0 Å². The van der Waals surface area contributed by atoms with Crippen molar-refractivity contribution in [1.82, 2.24) is 0 Å². The number of rotatable bonds is 4. The smallest absolute Gasteiger partial charge is 0.255 e. The summed E-state index contributed by atoms with van der Waals surface area (Å²) in [6, 6.07) is 14.6. The van der Waals surface area contributed by atoms with Gasteiger partial charge in [0.15, 0.2) is 0 Å². The number of carbonyl (C=O) groups is 1. The van der Waals surface area contributed by atoms with Crippen molar-refractivity contribution in [2.45, 2.75) is 6.92 Å². The molecule has 2 aromatic carbocycles. The molecule has 0 spiro atoms. The lowest BCUT2D eigenvalue weighted by atomic mass is 10.2. The highest BCUT2D eigenvalue weighted by atomic mass is 79.9. The Labute approximate surface area is 120 Å². The summed E-state index contributed by atoms with van der Waals surface area (Å²) in [5, 5.41) is 2.85. The Hall–Kier alpha value is -1.81. The fraction of sp³-hybridized carbons (Fsp3) is 0.133. The second-order valence-corrected chi connectivity index (χ2v) is 4.81. The first-order valence-electron chi connectivity index (χ1n) is 5.99. The van der Waals surface area contributed by atoms with E-state index in [0.717, 1.165) is 4.47 Å². The van der Waals surface area contributed by atoms with Crippen molar-refractivity contribution in [1.29, 1.82) is 0 Å². The molecule has 0 radical (unpaired) electrons. The molecule has 0 aliphatic heterocycles. The zero-order valence-corrected chi connectivity index (χ0v) is 12.1. The number of amides is 1. The highest BCUT2D eigenvalue weighted by molar-refractivity contribution is 9.10. The van der Waals surface area contributed by atoms with E-state index >= 15 is 0 Å². The van der Waals surface area contributed by atoms with Crippen LogP contribution in [-0.2, 0) is 0 Å². The standard InChI is InChI=1S/C15H14BrNO2/c1-2-19-14-6-4-3-5-13(14)17-15(18)11-7-9-12(16)10-8-11/h3-10H,2H2,1H3,(H,17,18). The van der Waals surface area contributed by atoms with Crippen molar-refractivity contribution in [3.05, 3.63) is 58.6 Å². The first-order valence-corrected chi connectivity index (χ1v) is 6.78. The topological polar surface area (TPSA) is 38.3 Å². The van der Waals surface area contributed by atoms with Gasteiger partial charge in [-0.05, 0) is 43.3 Å². The zero-order valence-electron chi connectivity index (χ0n) is 10.5. The molecule has 0 aliphatic rings. The Morgan fingerprint density at radius 1 is 1.16 bits per heavy atom. The van der Waals surface area contributed by atoms with Gasteiger partial charge in [-0.15, -0.1) is 0 Å². The van der Waals surface area contributed by atoms with E-state index < -0.39 is 0 Å². The van der Waals surface area contributed by atoms with Crippen molar-refractivity contribution in [2.75, 3.05) is 11.9 Å². The van der Waals surface area contributed by atoms with Crippen LogP contribution in [0.3, 0.4) is 0 Å². The average molecular weight is 320 g/mol. The molecule has 98 valence electrons. The predicted molar refractivity (Wildman–Crippen MR) is 79.7 cm³/mol. The molecule has 0 fully saturated rings. The van der Waals surface area contributed by atoms with Crippen molar-refractivity contribution in [2.24, 2.45) is 0 Å². The van der Waals surface area contributed by atoms with Crippen LogP contribution in [-0.4, -0.2) is 12.5 Å². The first kappa shape index (κ1) is 13.6. The Kier molecular flexibility index (Phi) is 4.58. The van der Waals surface area contributed by atoms with Gasteiger partial charge in [0.25, 0.3) is 5.91 Å². The summed E-state index contributed by atoms with van der Waals surface area (Å²) in [7, 11) is 0. The van der Waals surface area contributed by atoms with Gasteiger partial charge in [0.1, 0.15) is 5.75 Å². The summed E-state index contributed by atoms with van der Waals surface area (Å²) in [5.41, 5.74) is 1.28. The quantitative estimate of drug-likeness (QED) is 0.921. The number of hydrogen-bond donors (Lipinski definition) is 1. The van der Waals surface area contributed by atoms with E-state index in [1.165, 1.54) is 0 Å². The molecule has 0 heterocycles. The number of anilines is 1. The maximum Gasteiger partial charge on any atom is 0.255 e. The van der Waals surface area contributed by atoms with Gasteiger partial charge >= 0.3 is 0 Å². The summed E-state index contributed by atoms with van der Waals surface area (Å²) in [5.74, 6) is 0.523. The van der Waals surface area contributed by atoms with E-state index in [4.69, 9.17) is 4.74 Å². The van der Waals surface area contributed by atoms with Crippen molar-refractivity contribution < 1.29 is 9.53 Å². The van der Waals surface area contributed by atoms with Gasteiger partial charge in [-0.1, -0.05) is 28.1 Å². The lowest BCUT2D eigenvalue weighted by Gasteiger charge is -2.11. The highest BCUT2D eigenvalue weighted by Gasteiger charge is 2.09. The van der Waals surface area contributed by atoms with E-state index in [9.17, 15) is 4.79 Å². The predicted octanol–water partition coefficient (Wildman–Crippen LogP) is 4.10. The van der Waals surface area contributed by atoms with E-state index in [2.05, 4.69) is 21.2 Å². The number of hydrogen-bond acceptors (Lipinski definition) is 2. The van der Waals surface area contributed by atoms with Gasteiger partial charge < -0.3 is 10.1 Å². The molecule has 0 atom stereocenters. The van der Waals surface area contributed by atoms with Crippen LogP contribution in [0, 0.1) is 0 Å². The van der Waals surface area contributed by atoms with E-state index in [0.29, 0.717) is 23.6 Å². The van der Waals surface area contributed by atoms with Gasteiger partial charge in [0.05, 0.1) is 12.3 Å². The van der Waals surface area contributed by atoms with Gasteiger partial charge in [0.2, 0.25) is 0 Å². The normalized spacial score (nSPS) is 10.0. The molecule has 0 saturated carbocycles. The third-order valence-electron chi connectivity index (χ3n) is 2.54. The Bertz CT molecular complexity index is 567. The molecule has 0 unspecified atom stereocenters.